The van der Waals surface area contributed by atoms with Gasteiger partial charge >= 0.3 is 0 Å². The van der Waals surface area contributed by atoms with Crippen molar-refractivity contribution in [3.8, 4) is 11.6 Å². The Morgan fingerprint density at radius 3 is 2.25 bits per heavy atom. The summed E-state index contributed by atoms with van der Waals surface area (Å²) >= 11 is 0. The Labute approximate surface area is 188 Å². The minimum Gasteiger partial charge on any atom is -0.491 e. The number of hydrogen-bond acceptors (Lipinski definition) is 8. The fourth-order valence-corrected chi connectivity index (χ4v) is 3.76. The van der Waals surface area contributed by atoms with Crippen LogP contribution in [0.1, 0.15) is 50.6 Å². The van der Waals surface area contributed by atoms with E-state index in [0.717, 1.165) is 22.6 Å². The molecule has 1 aliphatic heterocycles. The highest BCUT2D eigenvalue weighted by molar-refractivity contribution is 5.38. The zero-order valence-corrected chi connectivity index (χ0v) is 19.2. The largest absolute Gasteiger partial charge is 0.491 e. The third-order valence-electron chi connectivity index (χ3n) is 5.48. The summed E-state index contributed by atoms with van der Waals surface area (Å²) in [5.74, 6) is 1.05. The molecule has 1 aromatic heterocycles. The molecule has 1 aromatic carbocycles. The number of nitrogens with zero attached hydrogens (tertiary/aromatic N) is 2. The highest BCUT2D eigenvalue weighted by Crippen LogP contribution is 2.31. The molecule has 178 valence electrons. The number of aliphatic hydroxyl groups excluding tert-OH is 4. The third kappa shape index (κ3) is 5.24. The Hall–Kier alpha value is -2.17. The molecule has 0 spiro atoms. The summed E-state index contributed by atoms with van der Waals surface area (Å²) in [7, 11) is 0. The van der Waals surface area contributed by atoms with Crippen molar-refractivity contribution in [3.63, 3.8) is 0 Å². The molecule has 32 heavy (non-hydrogen) atoms. The zero-order valence-electron chi connectivity index (χ0n) is 19.2. The molecule has 0 aliphatic carbocycles. The molecule has 2 aromatic rings. The lowest BCUT2D eigenvalue weighted by molar-refractivity contribution is -0.278. The van der Waals surface area contributed by atoms with E-state index in [0.29, 0.717) is 6.42 Å². The summed E-state index contributed by atoms with van der Waals surface area (Å²) < 4.78 is 18.9. The highest BCUT2D eigenvalue weighted by atomic mass is 16.7. The second-order valence-electron chi connectivity index (χ2n) is 8.71. The fraction of sp³-hybridized carbons (Fsp3) is 0.609. The summed E-state index contributed by atoms with van der Waals surface area (Å²) in [6.45, 7) is 9.36. The second kappa shape index (κ2) is 10.2. The number of aliphatic hydroxyl groups is 4. The molecule has 1 aliphatic rings. The maximum Gasteiger partial charge on any atom is 0.239 e. The van der Waals surface area contributed by atoms with Gasteiger partial charge in [-0.15, -0.1) is 5.10 Å². The van der Waals surface area contributed by atoms with Gasteiger partial charge in [0, 0.05) is 23.7 Å². The van der Waals surface area contributed by atoms with Crippen LogP contribution in [0.5, 0.6) is 11.6 Å². The van der Waals surface area contributed by atoms with Gasteiger partial charge in [-0.2, -0.15) is 0 Å². The quantitative estimate of drug-likeness (QED) is 0.475. The van der Waals surface area contributed by atoms with Gasteiger partial charge in [-0.1, -0.05) is 12.1 Å². The molecule has 1 fully saturated rings. The van der Waals surface area contributed by atoms with E-state index in [-0.39, 0.29) is 18.0 Å². The SMILES string of the molecule is Cc1c(Cc2ccc(OC(C)C)cc2)c(OC2O[C@H](CO)[C@@H](O)[C@@H](O)[C@H]2O)nn1C(C)C. The molecule has 0 saturated carbocycles. The van der Waals surface area contributed by atoms with E-state index in [2.05, 4.69) is 5.10 Å². The smallest absolute Gasteiger partial charge is 0.239 e. The molecule has 0 bridgehead atoms. The molecule has 9 heteroatoms. The van der Waals surface area contributed by atoms with Gasteiger partial charge in [0.05, 0.1) is 12.7 Å². The van der Waals surface area contributed by atoms with E-state index in [1.165, 1.54) is 0 Å². The molecule has 1 unspecified atom stereocenters. The first-order chi connectivity index (χ1) is 15.1. The third-order valence-corrected chi connectivity index (χ3v) is 5.48. The van der Waals surface area contributed by atoms with Gasteiger partial charge in [-0.3, -0.25) is 4.68 Å². The van der Waals surface area contributed by atoms with Crippen molar-refractivity contribution in [2.45, 2.75) is 83.9 Å². The molecule has 3 rings (SSSR count). The van der Waals surface area contributed by atoms with Crippen molar-refractivity contribution < 1.29 is 34.6 Å². The molecular formula is C23H34N2O7. The first-order valence-corrected chi connectivity index (χ1v) is 10.9. The van der Waals surface area contributed by atoms with Crippen LogP contribution in [0, 0.1) is 6.92 Å². The lowest BCUT2D eigenvalue weighted by atomic mass is 9.99. The number of aromatic nitrogens is 2. The standard InChI is InChI=1S/C23H34N2O7/c1-12(2)25-14(5)17(10-15-6-8-16(9-7-15)30-13(3)4)22(24-25)32-23-21(29)20(28)19(27)18(11-26)31-23/h6-9,12-13,18-21,23,26-29H,10-11H2,1-5H3/t18-,19-,20-,21-,23?/m1/s1. The summed E-state index contributed by atoms with van der Waals surface area (Å²) in [6.07, 6.45) is -6.20. The minimum absolute atomic E-state index is 0.0720. The predicted octanol–water partition coefficient (Wildman–Crippen LogP) is 1.33. The van der Waals surface area contributed by atoms with Crippen LogP contribution in [0.15, 0.2) is 24.3 Å². The van der Waals surface area contributed by atoms with E-state index in [9.17, 15) is 20.4 Å². The summed E-state index contributed by atoms with van der Waals surface area (Å²) in [6, 6.07) is 7.84. The van der Waals surface area contributed by atoms with Gasteiger partial charge < -0.3 is 34.6 Å². The summed E-state index contributed by atoms with van der Waals surface area (Å²) in [5, 5.41) is 44.4. The van der Waals surface area contributed by atoms with Gasteiger partial charge in [0.1, 0.15) is 30.2 Å². The van der Waals surface area contributed by atoms with Gasteiger partial charge in [0.2, 0.25) is 12.2 Å². The van der Waals surface area contributed by atoms with E-state index >= 15 is 0 Å². The lowest BCUT2D eigenvalue weighted by Crippen LogP contribution is -2.60. The topological polar surface area (TPSA) is 126 Å². The van der Waals surface area contributed by atoms with Crippen molar-refractivity contribution in [1.82, 2.24) is 9.78 Å². The first kappa shape index (κ1) is 24.5. The minimum atomic E-state index is -1.52. The Morgan fingerprint density at radius 2 is 1.69 bits per heavy atom. The summed E-state index contributed by atoms with van der Waals surface area (Å²) in [4.78, 5) is 0. The number of hydrogen-bond donors (Lipinski definition) is 4. The van der Waals surface area contributed by atoms with Crippen molar-refractivity contribution in [2.75, 3.05) is 6.61 Å². The van der Waals surface area contributed by atoms with E-state index < -0.39 is 37.3 Å². The molecule has 5 atom stereocenters. The van der Waals surface area contributed by atoms with Gasteiger partial charge in [0.25, 0.3) is 0 Å². The zero-order chi connectivity index (χ0) is 23.6. The van der Waals surface area contributed by atoms with Crippen molar-refractivity contribution >= 4 is 0 Å². The second-order valence-corrected chi connectivity index (χ2v) is 8.71. The lowest BCUT2D eigenvalue weighted by Gasteiger charge is -2.39. The van der Waals surface area contributed by atoms with Crippen LogP contribution < -0.4 is 9.47 Å². The van der Waals surface area contributed by atoms with Crippen LogP contribution in [0.3, 0.4) is 0 Å². The predicted molar refractivity (Wildman–Crippen MR) is 117 cm³/mol. The highest BCUT2D eigenvalue weighted by Gasteiger charge is 2.45. The average molecular weight is 451 g/mol. The molecule has 0 amide bonds. The fourth-order valence-electron chi connectivity index (χ4n) is 3.76. The van der Waals surface area contributed by atoms with Crippen LogP contribution >= 0.6 is 0 Å². The Bertz CT molecular complexity index is 879. The maximum absolute atomic E-state index is 10.4. The Kier molecular flexibility index (Phi) is 7.79. The van der Waals surface area contributed by atoms with Crippen molar-refractivity contribution in [1.29, 1.82) is 0 Å². The van der Waals surface area contributed by atoms with Crippen LogP contribution in [0.4, 0.5) is 0 Å². The van der Waals surface area contributed by atoms with Crippen LogP contribution in [0.25, 0.3) is 0 Å². The summed E-state index contributed by atoms with van der Waals surface area (Å²) in [5.41, 5.74) is 2.74. The van der Waals surface area contributed by atoms with Crippen LogP contribution in [-0.2, 0) is 11.2 Å². The first-order valence-electron chi connectivity index (χ1n) is 10.9. The molecule has 1 saturated heterocycles. The number of benzene rings is 1. The number of ether oxygens (including phenoxy) is 3. The molecule has 4 N–H and O–H groups in total. The van der Waals surface area contributed by atoms with Gasteiger partial charge in [-0.25, -0.2) is 0 Å². The van der Waals surface area contributed by atoms with Crippen LogP contribution in [-0.4, -0.2) is 73.6 Å². The van der Waals surface area contributed by atoms with E-state index in [4.69, 9.17) is 14.2 Å². The normalized spacial score (nSPS) is 26.0. The maximum atomic E-state index is 10.4. The number of rotatable bonds is 8. The van der Waals surface area contributed by atoms with Gasteiger partial charge in [0.15, 0.2) is 0 Å². The van der Waals surface area contributed by atoms with Gasteiger partial charge in [-0.05, 0) is 52.3 Å². The Balaban J connectivity index is 1.87. The van der Waals surface area contributed by atoms with E-state index in [1.54, 1.807) is 0 Å². The average Bonchev–Trinajstić information content (AvgIpc) is 3.05. The molecule has 9 nitrogen and oxygen atoms in total. The molecule has 2 heterocycles. The Morgan fingerprint density at radius 1 is 1.03 bits per heavy atom. The van der Waals surface area contributed by atoms with E-state index in [1.807, 2.05) is 63.6 Å². The van der Waals surface area contributed by atoms with Crippen LogP contribution in [0.2, 0.25) is 0 Å². The van der Waals surface area contributed by atoms with Crippen molar-refractivity contribution in [3.05, 3.63) is 41.1 Å². The monoisotopic (exact) mass is 450 g/mol. The molecular weight excluding hydrogens is 416 g/mol. The van der Waals surface area contributed by atoms with Crippen molar-refractivity contribution in [2.24, 2.45) is 0 Å². The molecule has 0 radical (unpaired) electrons.